The van der Waals surface area contributed by atoms with E-state index < -0.39 is 0 Å². The van der Waals surface area contributed by atoms with Crippen molar-refractivity contribution in [3.63, 3.8) is 0 Å². The van der Waals surface area contributed by atoms with Gasteiger partial charge in [0.25, 0.3) is 0 Å². The van der Waals surface area contributed by atoms with E-state index in [2.05, 4.69) is 56.1 Å². The fourth-order valence-corrected chi connectivity index (χ4v) is 3.01. The van der Waals surface area contributed by atoms with E-state index in [0.29, 0.717) is 0 Å². The minimum Gasteiger partial charge on any atom is -0.315 e. The van der Waals surface area contributed by atoms with Crippen molar-refractivity contribution < 1.29 is 0 Å². The summed E-state index contributed by atoms with van der Waals surface area (Å²) < 4.78 is 0. The first-order chi connectivity index (χ1) is 9.56. The van der Waals surface area contributed by atoms with E-state index in [-0.39, 0.29) is 0 Å². The highest BCUT2D eigenvalue weighted by Gasteiger charge is 2.24. The van der Waals surface area contributed by atoms with Gasteiger partial charge in [-0.1, -0.05) is 32.0 Å². The first kappa shape index (κ1) is 15.5. The highest BCUT2D eigenvalue weighted by Crippen LogP contribution is 2.20. The first-order valence-electron chi connectivity index (χ1n) is 8.07. The molecule has 1 saturated heterocycles. The molecule has 112 valence electrons. The van der Waals surface area contributed by atoms with Gasteiger partial charge in [-0.05, 0) is 62.4 Å². The van der Waals surface area contributed by atoms with Gasteiger partial charge >= 0.3 is 0 Å². The molecule has 0 saturated carbocycles. The van der Waals surface area contributed by atoms with Crippen molar-refractivity contribution in [1.82, 2.24) is 10.2 Å². The third kappa shape index (κ3) is 4.32. The smallest absolute Gasteiger partial charge is 0.0237 e. The van der Waals surface area contributed by atoms with Crippen LogP contribution >= 0.6 is 0 Å². The molecule has 1 heterocycles. The number of likely N-dealkylation sites (tertiary alicyclic amines) is 1. The lowest BCUT2D eigenvalue weighted by Crippen LogP contribution is -2.38. The maximum Gasteiger partial charge on any atom is 0.0237 e. The maximum atomic E-state index is 3.62. The summed E-state index contributed by atoms with van der Waals surface area (Å²) in [6, 6.07) is 7.62. The molecule has 0 spiro atoms. The van der Waals surface area contributed by atoms with Crippen molar-refractivity contribution in [3.05, 3.63) is 34.9 Å². The molecule has 1 fully saturated rings. The zero-order chi connectivity index (χ0) is 14.5. The molecule has 1 aromatic carbocycles. The fourth-order valence-electron chi connectivity index (χ4n) is 3.01. The van der Waals surface area contributed by atoms with E-state index in [1.54, 1.807) is 0 Å². The van der Waals surface area contributed by atoms with Gasteiger partial charge in [0.15, 0.2) is 0 Å². The Morgan fingerprint density at radius 2 is 2.05 bits per heavy atom. The van der Waals surface area contributed by atoms with Gasteiger partial charge in [-0.3, -0.25) is 4.90 Å². The minimum atomic E-state index is 0.718. The zero-order valence-electron chi connectivity index (χ0n) is 13.6. The van der Waals surface area contributed by atoms with Gasteiger partial charge in [0.2, 0.25) is 0 Å². The van der Waals surface area contributed by atoms with Gasteiger partial charge in [0.1, 0.15) is 0 Å². The van der Waals surface area contributed by atoms with Gasteiger partial charge in [0.05, 0.1) is 0 Å². The third-order valence-corrected chi connectivity index (χ3v) is 4.39. The average Bonchev–Trinajstić information content (AvgIpc) is 2.81. The van der Waals surface area contributed by atoms with Crippen LogP contribution in [-0.2, 0) is 6.54 Å². The van der Waals surface area contributed by atoms with Crippen LogP contribution in [0.5, 0.6) is 0 Å². The number of aryl methyl sites for hydroxylation is 2. The van der Waals surface area contributed by atoms with Crippen molar-refractivity contribution >= 4 is 0 Å². The minimum absolute atomic E-state index is 0.718. The van der Waals surface area contributed by atoms with E-state index in [1.807, 2.05) is 0 Å². The van der Waals surface area contributed by atoms with Crippen LogP contribution < -0.4 is 5.32 Å². The molecule has 1 atom stereocenters. The molecule has 0 bridgehead atoms. The molecule has 2 heteroatoms. The van der Waals surface area contributed by atoms with E-state index in [1.165, 1.54) is 36.1 Å². The monoisotopic (exact) mass is 274 g/mol. The molecule has 0 amide bonds. The fraction of sp³-hybridized carbons (Fsp3) is 0.667. The average molecular weight is 274 g/mol. The molecule has 1 aromatic rings. The van der Waals surface area contributed by atoms with Crippen molar-refractivity contribution in [3.8, 4) is 0 Å². The molecule has 1 aliphatic heterocycles. The van der Waals surface area contributed by atoms with Crippen LogP contribution in [0.25, 0.3) is 0 Å². The van der Waals surface area contributed by atoms with E-state index in [0.717, 1.165) is 31.6 Å². The molecule has 1 N–H and O–H groups in total. The Hall–Kier alpha value is -0.860. The van der Waals surface area contributed by atoms with Gasteiger partial charge in [0, 0.05) is 19.1 Å². The normalized spacial score (nSPS) is 19.9. The molecule has 0 radical (unpaired) electrons. The first-order valence-corrected chi connectivity index (χ1v) is 8.07. The molecule has 1 aliphatic rings. The van der Waals surface area contributed by atoms with Crippen molar-refractivity contribution in [1.29, 1.82) is 0 Å². The second kappa shape index (κ2) is 7.24. The van der Waals surface area contributed by atoms with Crippen LogP contribution in [0.4, 0.5) is 0 Å². The number of rotatable bonds is 6. The summed E-state index contributed by atoms with van der Waals surface area (Å²) in [5, 5.41) is 3.62. The van der Waals surface area contributed by atoms with Crippen LogP contribution in [-0.4, -0.2) is 30.6 Å². The van der Waals surface area contributed by atoms with Crippen molar-refractivity contribution in [2.75, 3.05) is 19.6 Å². The molecule has 0 aliphatic carbocycles. The second-order valence-corrected chi connectivity index (χ2v) is 6.74. The summed E-state index contributed by atoms with van der Waals surface area (Å²) in [5.41, 5.74) is 4.27. The van der Waals surface area contributed by atoms with Crippen LogP contribution in [0.1, 0.15) is 43.4 Å². The summed E-state index contributed by atoms with van der Waals surface area (Å²) in [5.74, 6) is 0.740. The molecule has 2 rings (SSSR count). The molecular formula is C18H30N2. The van der Waals surface area contributed by atoms with Crippen LogP contribution in [0.15, 0.2) is 18.2 Å². The summed E-state index contributed by atoms with van der Waals surface area (Å²) in [7, 11) is 0. The van der Waals surface area contributed by atoms with Crippen LogP contribution in [0.3, 0.4) is 0 Å². The Balaban J connectivity index is 1.88. The van der Waals surface area contributed by atoms with Gasteiger partial charge in [-0.25, -0.2) is 0 Å². The molecular weight excluding hydrogens is 244 g/mol. The largest absolute Gasteiger partial charge is 0.315 e. The molecule has 0 aromatic heterocycles. The lowest BCUT2D eigenvalue weighted by molar-refractivity contribution is 0.237. The number of nitrogens with zero attached hydrogens (tertiary/aromatic N) is 1. The SMILES string of the molecule is Cc1ccc(CN2CCCC2CNCC(C)C)cc1C. The Bertz CT molecular complexity index is 425. The Labute approximate surface area is 124 Å². The number of hydrogen-bond donors (Lipinski definition) is 1. The van der Waals surface area contributed by atoms with Crippen LogP contribution in [0.2, 0.25) is 0 Å². The molecule has 1 unspecified atom stereocenters. The van der Waals surface area contributed by atoms with E-state index in [9.17, 15) is 0 Å². The maximum absolute atomic E-state index is 3.62. The van der Waals surface area contributed by atoms with Gasteiger partial charge in [-0.15, -0.1) is 0 Å². The quantitative estimate of drug-likeness (QED) is 0.854. The van der Waals surface area contributed by atoms with E-state index in [4.69, 9.17) is 0 Å². The van der Waals surface area contributed by atoms with Crippen molar-refractivity contribution in [2.45, 2.75) is 53.1 Å². The summed E-state index contributed by atoms with van der Waals surface area (Å²) in [6.07, 6.45) is 2.69. The molecule has 20 heavy (non-hydrogen) atoms. The Morgan fingerprint density at radius 1 is 1.25 bits per heavy atom. The predicted molar refractivity (Wildman–Crippen MR) is 87.1 cm³/mol. The highest BCUT2D eigenvalue weighted by molar-refractivity contribution is 5.29. The Kier molecular flexibility index (Phi) is 5.62. The standard InChI is InChI=1S/C18H30N2/c1-14(2)11-19-12-18-6-5-9-20(18)13-17-8-7-15(3)16(4)10-17/h7-8,10,14,18-19H,5-6,9,11-13H2,1-4H3. The number of nitrogens with one attached hydrogen (secondary N) is 1. The van der Waals surface area contributed by atoms with Crippen molar-refractivity contribution in [2.24, 2.45) is 5.92 Å². The second-order valence-electron chi connectivity index (χ2n) is 6.74. The predicted octanol–water partition coefficient (Wildman–Crippen LogP) is 3.51. The van der Waals surface area contributed by atoms with E-state index >= 15 is 0 Å². The van der Waals surface area contributed by atoms with Gasteiger partial charge in [-0.2, -0.15) is 0 Å². The lowest BCUT2D eigenvalue weighted by Gasteiger charge is -2.25. The Morgan fingerprint density at radius 3 is 2.75 bits per heavy atom. The lowest BCUT2D eigenvalue weighted by atomic mass is 10.1. The third-order valence-electron chi connectivity index (χ3n) is 4.39. The zero-order valence-corrected chi connectivity index (χ0v) is 13.6. The topological polar surface area (TPSA) is 15.3 Å². The molecule has 2 nitrogen and oxygen atoms in total. The summed E-state index contributed by atoms with van der Waals surface area (Å²) >= 11 is 0. The summed E-state index contributed by atoms with van der Waals surface area (Å²) in [6.45, 7) is 13.6. The van der Waals surface area contributed by atoms with Gasteiger partial charge < -0.3 is 5.32 Å². The summed E-state index contributed by atoms with van der Waals surface area (Å²) in [4.78, 5) is 2.65. The number of hydrogen-bond acceptors (Lipinski definition) is 2. The number of benzene rings is 1. The van der Waals surface area contributed by atoms with Crippen LogP contribution in [0, 0.1) is 19.8 Å². The highest BCUT2D eigenvalue weighted by atomic mass is 15.2.